The Kier molecular flexibility index (Phi) is 4.24. The van der Waals surface area contributed by atoms with Gasteiger partial charge in [0.05, 0.1) is 11.7 Å². The number of aliphatic hydroxyl groups excluding tert-OH is 1. The third-order valence-corrected chi connectivity index (χ3v) is 4.70. The fourth-order valence-electron chi connectivity index (χ4n) is 3.06. The predicted octanol–water partition coefficient (Wildman–Crippen LogP) is 4.38. The van der Waals surface area contributed by atoms with Gasteiger partial charge in [0, 0.05) is 0 Å². The molecule has 1 fully saturated rings. The summed E-state index contributed by atoms with van der Waals surface area (Å²) in [5.74, 6) is -0.169. The highest BCUT2D eigenvalue weighted by Gasteiger charge is 2.32. The highest BCUT2D eigenvalue weighted by atomic mass is 19.1. The Balaban J connectivity index is 2.25. The van der Waals surface area contributed by atoms with Crippen molar-refractivity contribution < 1.29 is 13.9 Å². The quantitative estimate of drug-likeness (QED) is 0.844. The lowest BCUT2D eigenvalue weighted by atomic mass is 9.72. The van der Waals surface area contributed by atoms with Crippen LogP contribution in [-0.4, -0.2) is 5.11 Å². The minimum atomic E-state index is -1.03. The second kappa shape index (κ2) is 5.58. The van der Waals surface area contributed by atoms with Crippen LogP contribution in [0.25, 0.3) is 0 Å². The van der Waals surface area contributed by atoms with E-state index in [0.717, 1.165) is 19.3 Å². The predicted molar refractivity (Wildman–Crippen MR) is 71.7 cm³/mol. The van der Waals surface area contributed by atoms with Gasteiger partial charge in [-0.05, 0) is 49.1 Å². The number of aliphatic hydroxyl groups is 1. The molecule has 2 rings (SSSR count). The van der Waals surface area contributed by atoms with Gasteiger partial charge in [-0.25, -0.2) is 8.78 Å². The zero-order valence-corrected chi connectivity index (χ0v) is 11.8. The molecule has 0 spiro atoms. The Morgan fingerprint density at radius 2 is 1.84 bits per heavy atom. The van der Waals surface area contributed by atoms with E-state index < -0.39 is 17.7 Å². The Bertz CT molecular complexity index is 458. The van der Waals surface area contributed by atoms with Gasteiger partial charge in [0.15, 0.2) is 0 Å². The number of aryl methyl sites for hydroxylation is 1. The van der Waals surface area contributed by atoms with Crippen LogP contribution < -0.4 is 0 Å². The van der Waals surface area contributed by atoms with Gasteiger partial charge in [-0.3, -0.25) is 0 Å². The van der Waals surface area contributed by atoms with E-state index in [1.165, 1.54) is 12.1 Å². The smallest absolute Gasteiger partial charge is 0.134 e. The average molecular weight is 268 g/mol. The topological polar surface area (TPSA) is 20.2 Å². The summed E-state index contributed by atoms with van der Waals surface area (Å²) in [6, 6.07) is 2.65. The molecule has 106 valence electrons. The van der Waals surface area contributed by atoms with Gasteiger partial charge in [-0.2, -0.15) is 0 Å². The van der Waals surface area contributed by atoms with Gasteiger partial charge in [0.1, 0.15) is 11.6 Å². The van der Waals surface area contributed by atoms with E-state index >= 15 is 0 Å². The van der Waals surface area contributed by atoms with Crippen molar-refractivity contribution in [2.75, 3.05) is 0 Å². The molecule has 1 saturated carbocycles. The van der Waals surface area contributed by atoms with Crippen molar-refractivity contribution in [1.82, 2.24) is 0 Å². The SMILES string of the molecule is Cc1ccc(F)c(C(O)C2CCC(C)C(C)C2)c1F. The minimum Gasteiger partial charge on any atom is -0.388 e. The monoisotopic (exact) mass is 268 g/mol. The van der Waals surface area contributed by atoms with Gasteiger partial charge in [-0.15, -0.1) is 0 Å². The van der Waals surface area contributed by atoms with Crippen LogP contribution >= 0.6 is 0 Å². The lowest BCUT2D eigenvalue weighted by Gasteiger charge is -2.35. The first-order valence-corrected chi connectivity index (χ1v) is 7.04. The number of hydrogen-bond acceptors (Lipinski definition) is 1. The molecule has 0 radical (unpaired) electrons. The number of hydrogen-bond donors (Lipinski definition) is 1. The lowest BCUT2D eigenvalue weighted by molar-refractivity contribution is 0.0509. The fraction of sp³-hybridized carbons (Fsp3) is 0.625. The number of benzene rings is 1. The van der Waals surface area contributed by atoms with Gasteiger partial charge >= 0.3 is 0 Å². The van der Waals surface area contributed by atoms with Crippen LogP contribution in [0.3, 0.4) is 0 Å². The van der Waals surface area contributed by atoms with Crippen molar-refractivity contribution in [3.05, 3.63) is 34.9 Å². The Hall–Kier alpha value is -0.960. The maximum Gasteiger partial charge on any atom is 0.134 e. The van der Waals surface area contributed by atoms with Crippen molar-refractivity contribution >= 4 is 0 Å². The molecular formula is C16H22F2O. The zero-order chi connectivity index (χ0) is 14.2. The Morgan fingerprint density at radius 3 is 2.47 bits per heavy atom. The Labute approximate surface area is 113 Å². The molecule has 1 aliphatic rings. The molecular weight excluding hydrogens is 246 g/mol. The Morgan fingerprint density at radius 1 is 1.16 bits per heavy atom. The van der Waals surface area contributed by atoms with Crippen molar-refractivity contribution in [3.63, 3.8) is 0 Å². The highest BCUT2D eigenvalue weighted by molar-refractivity contribution is 5.28. The van der Waals surface area contributed by atoms with Crippen molar-refractivity contribution in [1.29, 1.82) is 0 Å². The summed E-state index contributed by atoms with van der Waals surface area (Å²) in [4.78, 5) is 0. The summed E-state index contributed by atoms with van der Waals surface area (Å²) in [6.45, 7) is 5.93. The third-order valence-electron chi connectivity index (χ3n) is 4.70. The zero-order valence-electron chi connectivity index (χ0n) is 11.8. The van der Waals surface area contributed by atoms with Crippen LogP contribution in [-0.2, 0) is 0 Å². The van der Waals surface area contributed by atoms with E-state index in [1.807, 2.05) is 0 Å². The van der Waals surface area contributed by atoms with Crippen molar-refractivity contribution in [2.45, 2.75) is 46.1 Å². The van der Waals surface area contributed by atoms with Crippen LogP contribution in [0.1, 0.15) is 50.3 Å². The summed E-state index contributed by atoms with van der Waals surface area (Å²) >= 11 is 0. The van der Waals surface area contributed by atoms with E-state index in [2.05, 4.69) is 13.8 Å². The van der Waals surface area contributed by atoms with Crippen LogP contribution in [0.15, 0.2) is 12.1 Å². The molecule has 0 bridgehead atoms. The molecule has 0 aliphatic heterocycles. The molecule has 1 aliphatic carbocycles. The van der Waals surface area contributed by atoms with Gasteiger partial charge < -0.3 is 5.11 Å². The highest BCUT2D eigenvalue weighted by Crippen LogP contribution is 2.41. The molecule has 1 N–H and O–H groups in total. The number of halogens is 2. The van der Waals surface area contributed by atoms with Crippen LogP contribution in [0, 0.1) is 36.3 Å². The molecule has 1 aromatic rings. The first-order valence-electron chi connectivity index (χ1n) is 7.04. The normalized spacial score (nSPS) is 29.3. The summed E-state index contributed by atoms with van der Waals surface area (Å²) < 4.78 is 27.9. The fourth-order valence-corrected chi connectivity index (χ4v) is 3.06. The molecule has 4 atom stereocenters. The summed E-state index contributed by atoms with van der Waals surface area (Å²) in [7, 11) is 0. The molecule has 1 nitrogen and oxygen atoms in total. The first-order chi connectivity index (χ1) is 8.91. The summed E-state index contributed by atoms with van der Waals surface area (Å²) in [5.41, 5.74) is 0.236. The second-order valence-corrected chi connectivity index (χ2v) is 6.06. The van der Waals surface area contributed by atoms with E-state index in [9.17, 15) is 13.9 Å². The van der Waals surface area contributed by atoms with E-state index in [-0.39, 0.29) is 11.5 Å². The van der Waals surface area contributed by atoms with Gasteiger partial charge in [0.2, 0.25) is 0 Å². The van der Waals surface area contributed by atoms with E-state index in [1.54, 1.807) is 6.92 Å². The molecule has 1 aromatic carbocycles. The largest absolute Gasteiger partial charge is 0.388 e. The van der Waals surface area contributed by atoms with Crippen LogP contribution in [0.4, 0.5) is 8.78 Å². The van der Waals surface area contributed by atoms with Crippen LogP contribution in [0.2, 0.25) is 0 Å². The molecule has 19 heavy (non-hydrogen) atoms. The number of rotatable bonds is 2. The van der Waals surface area contributed by atoms with Gasteiger partial charge in [-0.1, -0.05) is 26.3 Å². The summed E-state index contributed by atoms with van der Waals surface area (Å²) in [5, 5.41) is 10.4. The minimum absolute atomic E-state index is 0.0444. The van der Waals surface area contributed by atoms with Crippen molar-refractivity contribution in [3.8, 4) is 0 Å². The third kappa shape index (κ3) is 2.81. The lowest BCUT2D eigenvalue weighted by Crippen LogP contribution is -2.26. The molecule has 0 saturated heterocycles. The van der Waals surface area contributed by atoms with E-state index in [4.69, 9.17) is 0 Å². The molecule has 0 aromatic heterocycles. The molecule has 3 heteroatoms. The first kappa shape index (κ1) is 14.4. The maximum atomic E-state index is 14.0. The summed E-state index contributed by atoms with van der Waals surface area (Å²) in [6.07, 6.45) is 1.64. The molecule has 0 amide bonds. The average Bonchev–Trinajstić information content (AvgIpc) is 2.37. The second-order valence-electron chi connectivity index (χ2n) is 6.06. The standard InChI is InChI=1S/C16H22F2O/c1-9-4-6-12(8-11(9)3)16(19)14-13(17)7-5-10(2)15(14)18/h5,7,9,11-12,16,19H,4,6,8H2,1-3H3. The van der Waals surface area contributed by atoms with Crippen molar-refractivity contribution in [2.24, 2.45) is 17.8 Å². The van der Waals surface area contributed by atoms with Gasteiger partial charge in [0.25, 0.3) is 0 Å². The van der Waals surface area contributed by atoms with Crippen LogP contribution in [0.5, 0.6) is 0 Å². The van der Waals surface area contributed by atoms with E-state index in [0.29, 0.717) is 17.4 Å². The molecule has 0 heterocycles. The molecule has 4 unspecified atom stereocenters. The maximum absolute atomic E-state index is 14.0.